The average Bonchev–Trinajstić information content (AvgIpc) is 2.47. The topological polar surface area (TPSA) is 74.6 Å². The molecule has 0 bridgehead atoms. The Labute approximate surface area is 87.5 Å². The summed E-state index contributed by atoms with van der Waals surface area (Å²) in [5.41, 5.74) is 0. The lowest BCUT2D eigenvalue weighted by atomic mass is 10.4. The molecule has 4 heteroatoms. The van der Waals surface area contributed by atoms with Gasteiger partial charge in [0, 0.05) is 12.2 Å². The summed E-state index contributed by atoms with van der Waals surface area (Å²) in [7, 11) is 0. The first-order valence-electron chi connectivity index (χ1n) is 4.25. The molecule has 80 valence electrons. The molecule has 0 fully saturated rings. The highest BCUT2D eigenvalue weighted by Gasteiger charge is 1.88. The van der Waals surface area contributed by atoms with Crippen molar-refractivity contribution in [3.05, 3.63) is 48.6 Å². The molecule has 0 radical (unpaired) electrons. The van der Waals surface area contributed by atoms with Crippen LogP contribution in [-0.4, -0.2) is 22.2 Å². The molecule has 0 aliphatic heterocycles. The highest BCUT2D eigenvalue weighted by molar-refractivity contribution is 5.89. The van der Waals surface area contributed by atoms with Crippen molar-refractivity contribution in [2.75, 3.05) is 0 Å². The van der Waals surface area contributed by atoms with E-state index in [2.05, 4.69) is 24.3 Å². The first-order chi connectivity index (χ1) is 7.13. The van der Waals surface area contributed by atoms with Gasteiger partial charge in [0.1, 0.15) is 0 Å². The number of carboxylic acids is 2. The quantitative estimate of drug-likeness (QED) is 0.678. The van der Waals surface area contributed by atoms with Crippen LogP contribution < -0.4 is 0 Å². The SMILES string of the molecule is C1=CC=CCC=C1.O=C(O)C=CC(=O)O. The lowest BCUT2D eigenvalue weighted by Gasteiger charge is -1.74. The highest BCUT2D eigenvalue weighted by Crippen LogP contribution is 1.91. The molecule has 0 amide bonds. The zero-order chi connectivity index (χ0) is 11.5. The van der Waals surface area contributed by atoms with Crippen LogP contribution in [0.25, 0.3) is 0 Å². The van der Waals surface area contributed by atoms with Gasteiger partial charge in [0.05, 0.1) is 0 Å². The minimum absolute atomic E-state index is 0.558. The van der Waals surface area contributed by atoms with E-state index >= 15 is 0 Å². The summed E-state index contributed by atoms with van der Waals surface area (Å²) in [6, 6.07) is 0. The second-order valence-corrected chi connectivity index (χ2v) is 2.49. The number of carbonyl (C=O) groups is 2. The van der Waals surface area contributed by atoms with E-state index < -0.39 is 11.9 Å². The summed E-state index contributed by atoms with van der Waals surface area (Å²) in [6.45, 7) is 0. The van der Waals surface area contributed by atoms with Gasteiger partial charge in [0.15, 0.2) is 0 Å². The van der Waals surface area contributed by atoms with Crippen LogP contribution in [0.5, 0.6) is 0 Å². The summed E-state index contributed by atoms with van der Waals surface area (Å²) >= 11 is 0. The summed E-state index contributed by atoms with van der Waals surface area (Å²) < 4.78 is 0. The fraction of sp³-hybridized carbons (Fsp3) is 0.0909. The Kier molecular flexibility index (Phi) is 7.31. The van der Waals surface area contributed by atoms with Crippen molar-refractivity contribution in [1.29, 1.82) is 0 Å². The lowest BCUT2D eigenvalue weighted by molar-refractivity contribution is -0.134. The molecule has 0 atom stereocenters. The van der Waals surface area contributed by atoms with Gasteiger partial charge in [-0.05, 0) is 6.42 Å². The van der Waals surface area contributed by atoms with Gasteiger partial charge in [-0.2, -0.15) is 0 Å². The molecule has 0 unspecified atom stereocenters. The Hall–Kier alpha value is -2.10. The lowest BCUT2D eigenvalue weighted by Crippen LogP contribution is -1.91. The zero-order valence-electron chi connectivity index (χ0n) is 8.04. The zero-order valence-corrected chi connectivity index (χ0v) is 8.04. The van der Waals surface area contributed by atoms with E-state index in [1.54, 1.807) is 0 Å². The number of allylic oxidation sites excluding steroid dienone is 6. The molecule has 0 saturated heterocycles. The van der Waals surface area contributed by atoms with Crippen molar-refractivity contribution in [2.45, 2.75) is 6.42 Å². The molecular formula is C11H12O4. The van der Waals surface area contributed by atoms with E-state index in [9.17, 15) is 9.59 Å². The van der Waals surface area contributed by atoms with Crippen LogP contribution in [0.2, 0.25) is 0 Å². The molecule has 2 N–H and O–H groups in total. The third-order valence-electron chi connectivity index (χ3n) is 1.25. The summed E-state index contributed by atoms with van der Waals surface area (Å²) in [5, 5.41) is 15.6. The maximum absolute atomic E-state index is 9.55. The van der Waals surface area contributed by atoms with E-state index in [4.69, 9.17) is 10.2 Å². The van der Waals surface area contributed by atoms with E-state index in [0.717, 1.165) is 6.42 Å². The smallest absolute Gasteiger partial charge is 0.328 e. The molecule has 15 heavy (non-hydrogen) atoms. The van der Waals surface area contributed by atoms with E-state index in [0.29, 0.717) is 12.2 Å². The molecule has 1 aliphatic carbocycles. The molecule has 4 nitrogen and oxygen atoms in total. The monoisotopic (exact) mass is 208 g/mol. The Morgan fingerprint density at radius 2 is 1.27 bits per heavy atom. The van der Waals surface area contributed by atoms with Crippen molar-refractivity contribution in [1.82, 2.24) is 0 Å². The standard InChI is InChI=1S/C7H8.C4H4O4/c1-2-4-6-7-5-3-1;5-3(6)1-2-4(7)8/h1-6H,7H2;1-2H,(H,5,6)(H,7,8). The molecular weight excluding hydrogens is 196 g/mol. The molecule has 0 aromatic rings. The molecule has 0 spiro atoms. The number of rotatable bonds is 2. The number of carboxylic acid groups (broad SMARTS) is 2. The maximum atomic E-state index is 9.55. The van der Waals surface area contributed by atoms with E-state index in [1.807, 2.05) is 12.2 Å². The molecule has 0 saturated carbocycles. The van der Waals surface area contributed by atoms with Crippen LogP contribution >= 0.6 is 0 Å². The Morgan fingerprint density at radius 1 is 0.867 bits per heavy atom. The molecule has 0 heterocycles. The fourth-order valence-electron chi connectivity index (χ4n) is 0.664. The number of hydrogen-bond acceptors (Lipinski definition) is 2. The van der Waals surface area contributed by atoms with Gasteiger partial charge >= 0.3 is 11.9 Å². The van der Waals surface area contributed by atoms with Crippen LogP contribution in [0, 0.1) is 0 Å². The van der Waals surface area contributed by atoms with Crippen molar-refractivity contribution in [2.24, 2.45) is 0 Å². The largest absolute Gasteiger partial charge is 0.478 e. The van der Waals surface area contributed by atoms with Crippen molar-refractivity contribution in [3.63, 3.8) is 0 Å². The minimum atomic E-state index is -1.26. The Morgan fingerprint density at radius 3 is 1.60 bits per heavy atom. The second kappa shape index (κ2) is 8.50. The van der Waals surface area contributed by atoms with Crippen LogP contribution in [0.15, 0.2) is 48.6 Å². The van der Waals surface area contributed by atoms with Crippen LogP contribution in [-0.2, 0) is 9.59 Å². The first-order valence-corrected chi connectivity index (χ1v) is 4.25. The van der Waals surface area contributed by atoms with E-state index in [-0.39, 0.29) is 0 Å². The molecule has 0 aromatic carbocycles. The third kappa shape index (κ3) is 11.9. The van der Waals surface area contributed by atoms with Gasteiger partial charge < -0.3 is 10.2 Å². The van der Waals surface area contributed by atoms with Crippen LogP contribution in [0.1, 0.15) is 6.42 Å². The van der Waals surface area contributed by atoms with Crippen molar-refractivity contribution in [3.8, 4) is 0 Å². The third-order valence-corrected chi connectivity index (χ3v) is 1.25. The summed E-state index contributed by atoms with van der Waals surface area (Å²) in [6.07, 6.45) is 14.6. The van der Waals surface area contributed by atoms with Gasteiger partial charge in [-0.1, -0.05) is 36.5 Å². The van der Waals surface area contributed by atoms with Gasteiger partial charge in [0.25, 0.3) is 0 Å². The van der Waals surface area contributed by atoms with Gasteiger partial charge in [-0.25, -0.2) is 9.59 Å². The average molecular weight is 208 g/mol. The van der Waals surface area contributed by atoms with E-state index in [1.165, 1.54) is 0 Å². The normalized spacial score (nSPS) is 13.1. The van der Waals surface area contributed by atoms with Crippen molar-refractivity contribution < 1.29 is 19.8 Å². The molecule has 0 aromatic heterocycles. The van der Waals surface area contributed by atoms with Gasteiger partial charge in [0.2, 0.25) is 0 Å². The summed E-state index contributed by atoms with van der Waals surface area (Å²) in [5.74, 6) is -2.51. The number of aliphatic carboxylic acids is 2. The first kappa shape index (κ1) is 12.9. The molecule has 1 aliphatic rings. The second-order valence-electron chi connectivity index (χ2n) is 2.49. The van der Waals surface area contributed by atoms with Crippen LogP contribution in [0.4, 0.5) is 0 Å². The minimum Gasteiger partial charge on any atom is -0.478 e. The predicted molar refractivity (Wildman–Crippen MR) is 56.4 cm³/mol. The van der Waals surface area contributed by atoms with Crippen molar-refractivity contribution >= 4 is 11.9 Å². The Balaban J connectivity index is 0.000000262. The maximum Gasteiger partial charge on any atom is 0.328 e. The fourth-order valence-corrected chi connectivity index (χ4v) is 0.664. The van der Waals surface area contributed by atoms with Gasteiger partial charge in [-0.15, -0.1) is 0 Å². The van der Waals surface area contributed by atoms with Gasteiger partial charge in [-0.3, -0.25) is 0 Å². The molecule has 1 rings (SSSR count). The number of hydrogen-bond donors (Lipinski definition) is 2. The summed E-state index contributed by atoms with van der Waals surface area (Å²) in [4.78, 5) is 19.1. The van der Waals surface area contributed by atoms with Crippen LogP contribution in [0.3, 0.4) is 0 Å². The Bertz CT molecular complexity index is 291. The predicted octanol–water partition coefficient (Wildman–Crippen LogP) is 1.77. The highest BCUT2D eigenvalue weighted by atomic mass is 16.4.